The molecular weight excluding hydrogens is 227 g/mol. The molecule has 0 amide bonds. The molecule has 1 fully saturated rings. The minimum absolute atomic E-state index is 0.145. The summed E-state index contributed by atoms with van der Waals surface area (Å²) in [6, 6.07) is 4.94. The highest BCUT2D eigenvalue weighted by Gasteiger charge is 2.37. The van der Waals surface area contributed by atoms with E-state index < -0.39 is 0 Å². The maximum absolute atomic E-state index is 13.3. The minimum atomic E-state index is -0.164. The topological polar surface area (TPSA) is 24.1 Å². The van der Waals surface area contributed by atoms with E-state index in [1.54, 1.807) is 6.07 Å². The molecule has 0 aromatic heterocycles. The Labute approximate surface area is 108 Å². The fourth-order valence-corrected chi connectivity index (χ4v) is 3.31. The zero-order valence-corrected chi connectivity index (χ0v) is 10.9. The van der Waals surface area contributed by atoms with Crippen molar-refractivity contribution < 1.29 is 4.39 Å². The van der Waals surface area contributed by atoms with E-state index in [-0.39, 0.29) is 11.4 Å². The normalized spacial score (nSPS) is 30.4. The molecule has 18 heavy (non-hydrogen) atoms. The van der Waals surface area contributed by atoms with Crippen molar-refractivity contribution in [3.8, 4) is 0 Å². The van der Waals surface area contributed by atoms with Crippen molar-refractivity contribution in [1.82, 2.24) is 0 Å². The summed E-state index contributed by atoms with van der Waals surface area (Å²) < 4.78 is 13.3. The zero-order valence-electron chi connectivity index (χ0n) is 10.9. The zero-order chi connectivity index (χ0) is 12.6. The lowest BCUT2D eigenvalue weighted by Crippen LogP contribution is -2.50. The van der Waals surface area contributed by atoms with Crippen molar-refractivity contribution in [3.63, 3.8) is 0 Å². The van der Waals surface area contributed by atoms with Gasteiger partial charge in [0, 0.05) is 6.54 Å². The van der Waals surface area contributed by atoms with E-state index in [2.05, 4.69) is 17.6 Å². The fraction of sp³-hybridized carbons (Fsp3) is 0.600. The average Bonchev–Trinajstić information content (AvgIpc) is 2.39. The number of halogens is 1. The molecule has 0 bridgehead atoms. The van der Waals surface area contributed by atoms with Crippen molar-refractivity contribution in [1.29, 1.82) is 0 Å². The number of hydrogen-bond acceptors (Lipinski definition) is 2. The van der Waals surface area contributed by atoms with Crippen LogP contribution in [0.5, 0.6) is 0 Å². The maximum Gasteiger partial charge on any atom is 0.125 e. The maximum atomic E-state index is 13.3. The third-order valence-corrected chi connectivity index (χ3v) is 4.64. The molecule has 0 saturated heterocycles. The van der Waals surface area contributed by atoms with Crippen molar-refractivity contribution in [2.75, 3.05) is 17.2 Å². The molecule has 98 valence electrons. The van der Waals surface area contributed by atoms with Gasteiger partial charge in [-0.15, -0.1) is 0 Å². The summed E-state index contributed by atoms with van der Waals surface area (Å²) in [5.41, 5.74) is 2.10. The Morgan fingerprint density at radius 2 is 2.06 bits per heavy atom. The van der Waals surface area contributed by atoms with Crippen LogP contribution >= 0.6 is 0 Å². The predicted octanol–water partition coefficient (Wildman–Crippen LogP) is 4.00. The molecule has 0 atom stereocenters. The molecule has 2 N–H and O–H groups in total. The molecule has 3 rings (SSSR count). The summed E-state index contributed by atoms with van der Waals surface area (Å²) >= 11 is 0. The Balaban J connectivity index is 1.78. The Hall–Kier alpha value is -1.25. The lowest BCUT2D eigenvalue weighted by Gasteiger charge is -2.45. The first kappa shape index (κ1) is 11.8. The molecule has 0 radical (unpaired) electrons. The van der Waals surface area contributed by atoms with Gasteiger partial charge in [0.1, 0.15) is 5.82 Å². The van der Waals surface area contributed by atoms with Gasteiger partial charge in [-0.2, -0.15) is 0 Å². The molecule has 1 aromatic carbocycles. The quantitative estimate of drug-likeness (QED) is 0.785. The molecule has 1 heterocycles. The first-order valence-electron chi connectivity index (χ1n) is 7.02. The third kappa shape index (κ3) is 2.06. The summed E-state index contributed by atoms with van der Waals surface area (Å²) in [6.45, 7) is 3.24. The van der Waals surface area contributed by atoms with Gasteiger partial charge in [0.05, 0.1) is 16.9 Å². The minimum Gasteiger partial charge on any atom is -0.381 e. The van der Waals surface area contributed by atoms with Crippen molar-refractivity contribution >= 4 is 11.4 Å². The van der Waals surface area contributed by atoms with Gasteiger partial charge < -0.3 is 10.6 Å². The van der Waals surface area contributed by atoms with Gasteiger partial charge >= 0.3 is 0 Å². The predicted molar refractivity (Wildman–Crippen MR) is 73.5 cm³/mol. The Bertz CT molecular complexity index is 436. The van der Waals surface area contributed by atoms with Crippen LogP contribution in [0.3, 0.4) is 0 Å². The van der Waals surface area contributed by atoms with Crippen LogP contribution < -0.4 is 10.6 Å². The Kier molecular flexibility index (Phi) is 2.92. The first-order valence-corrected chi connectivity index (χ1v) is 7.02. The first-order chi connectivity index (χ1) is 8.71. The van der Waals surface area contributed by atoms with Gasteiger partial charge in [-0.25, -0.2) is 4.39 Å². The number of rotatable bonds is 1. The van der Waals surface area contributed by atoms with Gasteiger partial charge in [0.25, 0.3) is 0 Å². The molecule has 1 spiro atoms. The number of nitrogens with one attached hydrogen (secondary N) is 2. The van der Waals surface area contributed by atoms with Crippen molar-refractivity contribution in [2.24, 2.45) is 5.92 Å². The van der Waals surface area contributed by atoms with Gasteiger partial charge in [-0.3, -0.25) is 0 Å². The molecule has 1 aliphatic heterocycles. The van der Waals surface area contributed by atoms with Gasteiger partial charge in [-0.05, 0) is 49.8 Å². The van der Waals surface area contributed by atoms with Crippen LogP contribution in [-0.2, 0) is 0 Å². The molecule has 1 aliphatic carbocycles. The van der Waals surface area contributed by atoms with E-state index in [4.69, 9.17) is 0 Å². The smallest absolute Gasteiger partial charge is 0.125 e. The van der Waals surface area contributed by atoms with Gasteiger partial charge in [-0.1, -0.05) is 13.3 Å². The highest BCUT2D eigenvalue weighted by atomic mass is 19.1. The SMILES string of the molecule is CCC1CCC2(CC1)CNc1ccc(F)cc1N2. The van der Waals surface area contributed by atoms with E-state index in [9.17, 15) is 4.39 Å². The lowest BCUT2D eigenvalue weighted by atomic mass is 9.74. The summed E-state index contributed by atoms with van der Waals surface area (Å²) in [4.78, 5) is 0. The number of hydrogen-bond donors (Lipinski definition) is 2. The monoisotopic (exact) mass is 248 g/mol. The van der Waals surface area contributed by atoms with Crippen LogP contribution in [0.4, 0.5) is 15.8 Å². The standard InChI is InChI=1S/C15H21FN2/c1-2-11-5-7-15(8-6-11)10-17-13-4-3-12(16)9-14(13)18-15/h3-4,9,11,17-18H,2,5-8,10H2,1H3. The third-order valence-electron chi connectivity index (χ3n) is 4.64. The lowest BCUT2D eigenvalue weighted by molar-refractivity contribution is 0.255. The number of fused-ring (bicyclic) bond motifs is 1. The van der Waals surface area contributed by atoms with E-state index >= 15 is 0 Å². The summed E-state index contributed by atoms with van der Waals surface area (Å²) in [5.74, 6) is 0.716. The second-order valence-electron chi connectivity index (χ2n) is 5.80. The fourth-order valence-electron chi connectivity index (χ4n) is 3.31. The summed E-state index contributed by atoms with van der Waals surface area (Å²) in [7, 11) is 0. The van der Waals surface area contributed by atoms with Crippen LogP contribution in [-0.4, -0.2) is 12.1 Å². The molecule has 0 unspecified atom stereocenters. The van der Waals surface area contributed by atoms with Crippen molar-refractivity contribution in [3.05, 3.63) is 24.0 Å². The number of anilines is 2. The average molecular weight is 248 g/mol. The molecule has 1 aromatic rings. The van der Waals surface area contributed by atoms with Crippen molar-refractivity contribution in [2.45, 2.75) is 44.6 Å². The van der Waals surface area contributed by atoms with E-state index in [0.717, 1.165) is 23.8 Å². The van der Waals surface area contributed by atoms with Gasteiger partial charge in [0.15, 0.2) is 0 Å². The van der Waals surface area contributed by atoms with Crippen LogP contribution in [0.25, 0.3) is 0 Å². The van der Waals surface area contributed by atoms with Crippen LogP contribution in [0.15, 0.2) is 18.2 Å². The highest BCUT2D eigenvalue weighted by Crippen LogP contribution is 2.40. The van der Waals surface area contributed by atoms with E-state index in [1.807, 2.05) is 6.07 Å². The second kappa shape index (κ2) is 4.45. The molecule has 2 nitrogen and oxygen atoms in total. The summed E-state index contributed by atoms with van der Waals surface area (Å²) in [5, 5.41) is 7.05. The molecule has 2 aliphatic rings. The highest BCUT2D eigenvalue weighted by molar-refractivity contribution is 5.72. The van der Waals surface area contributed by atoms with Gasteiger partial charge in [0.2, 0.25) is 0 Å². The molecule has 1 saturated carbocycles. The van der Waals surface area contributed by atoms with E-state index in [1.165, 1.54) is 38.2 Å². The molecule has 3 heteroatoms. The van der Waals surface area contributed by atoms with E-state index in [0.29, 0.717) is 0 Å². The van der Waals surface area contributed by atoms with Crippen LogP contribution in [0.1, 0.15) is 39.0 Å². The largest absolute Gasteiger partial charge is 0.381 e. The van der Waals surface area contributed by atoms with Crippen LogP contribution in [0.2, 0.25) is 0 Å². The van der Waals surface area contributed by atoms with Crippen LogP contribution in [0, 0.1) is 11.7 Å². The molecular formula is C15H21FN2. The Morgan fingerprint density at radius 1 is 1.28 bits per heavy atom. The second-order valence-corrected chi connectivity index (χ2v) is 5.80. The Morgan fingerprint density at radius 3 is 2.78 bits per heavy atom. The number of benzene rings is 1. The summed E-state index contributed by atoms with van der Waals surface area (Å²) in [6.07, 6.45) is 6.24.